The Morgan fingerprint density at radius 3 is 2.38 bits per heavy atom. The summed E-state index contributed by atoms with van der Waals surface area (Å²) in [6.45, 7) is 5.67. The van der Waals surface area contributed by atoms with Gasteiger partial charge in [-0.15, -0.1) is 0 Å². The Morgan fingerprint density at radius 2 is 2.06 bits per heavy atom. The molecule has 0 aliphatic carbocycles. The number of thiocarbonyl (C=S) groups is 1. The number of hydrogen-bond acceptors (Lipinski definition) is 4. The molecule has 0 aromatic carbocycles. The molecule has 1 unspecified atom stereocenters. The van der Waals surface area contributed by atoms with E-state index >= 15 is 0 Å². The second-order valence-electron chi connectivity index (χ2n) is 4.34. The summed E-state index contributed by atoms with van der Waals surface area (Å²) < 4.78 is 0.662. The molecule has 0 bridgehead atoms. The van der Waals surface area contributed by atoms with Crippen molar-refractivity contribution in [3.8, 4) is 0 Å². The highest BCUT2D eigenvalue weighted by Crippen LogP contribution is 2.49. The summed E-state index contributed by atoms with van der Waals surface area (Å²) in [5, 5.41) is 13.1. The molecule has 2 N–H and O–H groups in total. The standard InChI is InChI=1S/C9H17N3O2S2/c1-8(2)9(3,12(14)6(13)10-4)16-7(15)11(8)5/h14H,1-5H3,(H,10,13). The monoisotopic (exact) mass is 263 g/mol. The first-order chi connectivity index (χ1) is 7.18. The Kier molecular flexibility index (Phi) is 3.42. The summed E-state index contributed by atoms with van der Waals surface area (Å²) in [7, 11) is 3.34. The molecule has 1 aliphatic heterocycles. The lowest BCUT2D eigenvalue weighted by Crippen LogP contribution is -2.61. The molecule has 0 radical (unpaired) electrons. The molecular formula is C9H17N3O2S2. The van der Waals surface area contributed by atoms with Gasteiger partial charge in [0, 0.05) is 14.1 Å². The fraction of sp³-hybridized carbons (Fsp3) is 0.778. The third-order valence-electron chi connectivity index (χ3n) is 3.34. The molecule has 2 amide bonds. The van der Waals surface area contributed by atoms with Gasteiger partial charge < -0.3 is 10.2 Å². The van der Waals surface area contributed by atoms with Crippen molar-refractivity contribution >= 4 is 34.3 Å². The average Bonchev–Trinajstić information content (AvgIpc) is 2.38. The summed E-state index contributed by atoms with van der Waals surface area (Å²) in [5.41, 5.74) is -0.448. The van der Waals surface area contributed by atoms with E-state index in [0.717, 1.165) is 0 Å². The van der Waals surface area contributed by atoms with E-state index in [9.17, 15) is 10.0 Å². The van der Waals surface area contributed by atoms with E-state index in [0.29, 0.717) is 9.38 Å². The lowest BCUT2D eigenvalue weighted by Gasteiger charge is -2.43. The molecule has 1 aliphatic rings. The quantitative estimate of drug-likeness (QED) is 0.426. The first-order valence-electron chi connectivity index (χ1n) is 4.86. The molecule has 1 rings (SSSR count). The summed E-state index contributed by atoms with van der Waals surface area (Å²) in [6, 6.07) is -0.541. The topological polar surface area (TPSA) is 55.8 Å². The molecule has 0 saturated carbocycles. The van der Waals surface area contributed by atoms with E-state index in [1.807, 2.05) is 25.8 Å². The van der Waals surface area contributed by atoms with Crippen LogP contribution < -0.4 is 5.32 Å². The zero-order valence-corrected chi connectivity index (χ0v) is 11.7. The van der Waals surface area contributed by atoms with E-state index in [1.165, 1.54) is 18.8 Å². The summed E-state index contributed by atoms with van der Waals surface area (Å²) in [6.07, 6.45) is 0. The molecule has 0 spiro atoms. The van der Waals surface area contributed by atoms with Crippen LogP contribution in [0.15, 0.2) is 0 Å². The zero-order chi connectivity index (χ0) is 12.7. The first-order valence-corrected chi connectivity index (χ1v) is 6.08. The number of thioether (sulfide) groups is 1. The van der Waals surface area contributed by atoms with Crippen LogP contribution in [0.3, 0.4) is 0 Å². The molecule has 1 heterocycles. The number of nitrogens with one attached hydrogen (secondary N) is 1. The second kappa shape index (κ2) is 4.05. The fourth-order valence-corrected chi connectivity index (χ4v) is 3.48. The van der Waals surface area contributed by atoms with Crippen molar-refractivity contribution in [2.45, 2.75) is 31.2 Å². The average molecular weight is 263 g/mol. The normalized spacial score (nSPS) is 28.1. The van der Waals surface area contributed by atoms with Gasteiger partial charge in [0.2, 0.25) is 0 Å². The maximum Gasteiger partial charge on any atom is 0.342 e. The zero-order valence-electron chi connectivity index (χ0n) is 10.1. The Bertz CT molecular complexity index is 335. The van der Waals surface area contributed by atoms with Crippen LogP contribution in [-0.4, -0.2) is 50.0 Å². The first kappa shape index (κ1) is 13.5. The number of hydrogen-bond donors (Lipinski definition) is 2. The minimum Gasteiger partial charge on any atom is -0.352 e. The van der Waals surface area contributed by atoms with Gasteiger partial charge in [-0.3, -0.25) is 5.21 Å². The molecule has 0 aromatic rings. The van der Waals surface area contributed by atoms with Crippen molar-refractivity contribution in [2.75, 3.05) is 14.1 Å². The maximum absolute atomic E-state index is 11.5. The lowest BCUT2D eigenvalue weighted by atomic mass is 9.94. The SMILES string of the molecule is CNC(=O)N(O)C1(C)SC(=S)N(C)C1(C)C. The van der Waals surface area contributed by atoms with Gasteiger partial charge in [-0.1, -0.05) is 24.0 Å². The van der Waals surface area contributed by atoms with Crippen LogP contribution in [0.25, 0.3) is 0 Å². The van der Waals surface area contributed by atoms with Crippen LogP contribution in [0.4, 0.5) is 4.79 Å². The van der Waals surface area contributed by atoms with Gasteiger partial charge in [0.05, 0.1) is 5.54 Å². The predicted octanol–water partition coefficient (Wildman–Crippen LogP) is 1.48. The van der Waals surface area contributed by atoms with E-state index in [2.05, 4.69) is 5.32 Å². The van der Waals surface area contributed by atoms with E-state index in [-0.39, 0.29) is 0 Å². The fourth-order valence-electron chi connectivity index (χ4n) is 1.50. The molecule has 1 fully saturated rings. The van der Waals surface area contributed by atoms with Gasteiger partial charge in [0.15, 0.2) is 0 Å². The molecule has 1 saturated heterocycles. The van der Waals surface area contributed by atoms with Gasteiger partial charge in [0.1, 0.15) is 9.19 Å². The van der Waals surface area contributed by atoms with Crippen molar-refractivity contribution in [1.29, 1.82) is 0 Å². The van der Waals surface area contributed by atoms with Crippen molar-refractivity contribution in [2.24, 2.45) is 0 Å². The van der Waals surface area contributed by atoms with Crippen LogP contribution in [0.2, 0.25) is 0 Å². The van der Waals surface area contributed by atoms with Gasteiger partial charge in [-0.25, -0.2) is 4.79 Å². The van der Waals surface area contributed by atoms with Crippen molar-refractivity contribution in [3.05, 3.63) is 0 Å². The number of carbonyl (C=O) groups excluding carboxylic acids is 1. The van der Waals surface area contributed by atoms with E-state index in [1.54, 1.807) is 6.92 Å². The Hall–Kier alpha value is -0.530. The van der Waals surface area contributed by atoms with Crippen LogP contribution in [0.1, 0.15) is 20.8 Å². The molecule has 92 valence electrons. The van der Waals surface area contributed by atoms with Gasteiger partial charge in [-0.2, -0.15) is 5.06 Å². The van der Waals surface area contributed by atoms with Crippen LogP contribution in [-0.2, 0) is 0 Å². The minimum absolute atomic E-state index is 0.448. The molecule has 5 nitrogen and oxygen atoms in total. The lowest BCUT2D eigenvalue weighted by molar-refractivity contribution is -0.115. The summed E-state index contributed by atoms with van der Waals surface area (Å²) >= 11 is 6.51. The maximum atomic E-state index is 11.5. The van der Waals surface area contributed by atoms with E-state index in [4.69, 9.17) is 12.2 Å². The number of carbonyl (C=O) groups is 1. The highest BCUT2D eigenvalue weighted by atomic mass is 32.2. The van der Waals surface area contributed by atoms with Gasteiger partial charge >= 0.3 is 6.03 Å². The third kappa shape index (κ3) is 1.66. The van der Waals surface area contributed by atoms with Crippen molar-refractivity contribution < 1.29 is 10.0 Å². The molecule has 7 heteroatoms. The summed E-state index contributed by atoms with van der Waals surface area (Å²) in [4.78, 5) is 12.6. The Labute approximate surface area is 105 Å². The minimum atomic E-state index is -0.807. The Balaban J connectivity index is 3.10. The van der Waals surface area contributed by atoms with Crippen molar-refractivity contribution in [1.82, 2.24) is 15.3 Å². The largest absolute Gasteiger partial charge is 0.352 e. The number of urea groups is 1. The highest BCUT2D eigenvalue weighted by Gasteiger charge is 2.57. The molecule has 0 aromatic heterocycles. The number of rotatable bonds is 1. The predicted molar refractivity (Wildman–Crippen MR) is 68.5 cm³/mol. The van der Waals surface area contributed by atoms with Crippen LogP contribution in [0.5, 0.6) is 0 Å². The number of likely N-dealkylation sites (N-methyl/N-ethyl adjacent to an activating group) is 1. The van der Waals surface area contributed by atoms with E-state index < -0.39 is 16.4 Å². The third-order valence-corrected chi connectivity index (χ3v) is 5.39. The molecule has 1 atom stereocenters. The van der Waals surface area contributed by atoms with Crippen molar-refractivity contribution in [3.63, 3.8) is 0 Å². The smallest absolute Gasteiger partial charge is 0.342 e. The second-order valence-corrected chi connectivity index (χ2v) is 6.37. The number of hydroxylamine groups is 2. The molecular weight excluding hydrogens is 246 g/mol. The number of nitrogens with zero attached hydrogens (tertiary/aromatic N) is 2. The Morgan fingerprint density at radius 1 is 1.56 bits per heavy atom. The highest BCUT2D eigenvalue weighted by molar-refractivity contribution is 8.24. The molecule has 16 heavy (non-hydrogen) atoms. The van der Waals surface area contributed by atoms with Crippen LogP contribution in [0, 0.1) is 0 Å². The van der Waals surface area contributed by atoms with Gasteiger partial charge in [0.25, 0.3) is 0 Å². The van der Waals surface area contributed by atoms with Gasteiger partial charge in [-0.05, 0) is 20.8 Å². The number of amides is 2. The summed E-state index contributed by atoms with van der Waals surface area (Å²) in [5.74, 6) is 0. The van der Waals surface area contributed by atoms with Crippen LogP contribution >= 0.6 is 24.0 Å².